The molecule has 0 aromatic carbocycles. The Bertz CT molecular complexity index is 401. The van der Waals surface area contributed by atoms with Crippen LogP contribution < -0.4 is 4.72 Å². The highest BCUT2D eigenvalue weighted by atomic mass is 32.2. The SMILES string of the molecule is CCN(C)S(=O)(=O)NCC(O)c1ccco1. The molecule has 6 nitrogen and oxygen atoms in total. The van der Waals surface area contributed by atoms with Gasteiger partial charge in [0.25, 0.3) is 10.2 Å². The average molecular weight is 248 g/mol. The molecule has 0 radical (unpaired) electrons. The molecule has 1 aromatic heterocycles. The van der Waals surface area contributed by atoms with Crippen LogP contribution >= 0.6 is 0 Å². The second kappa shape index (κ2) is 5.44. The summed E-state index contributed by atoms with van der Waals surface area (Å²) < 4.78 is 31.4. The molecule has 0 amide bonds. The molecule has 0 spiro atoms. The van der Waals surface area contributed by atoms with E-state index in [2.05, 4.69) is 4.72 Å². The molecule has 1 atom stereocenters. The molecule has 0 bridgehead atoms. The van der Waals surface area contributed by atoms with E-state index in [0.29, 0.717) is 12.3 Å². The number of furan rings is 1. The lowest BCUT2D eigenvalue weighted by Gasteiger charge is -2.16. The second-order valence-electron chi connectivity index (χ2n) is 3.30. The molecule has 0 fully saturated rings. The Hall–Kier alpha value is -0.890. The van der Waals surface area contributed by atoms with Gasteiger partial charge in [-0.25, -0.2) is 0 Å². The zero-order chi connectivity index (χ0) is 12.2. The number of nitrogens with zero attached hydrogens (tertiary/aromatic N) is 1. The molecule has 1 aromatic rings. The van der Waals surface area contributed by atoms with Crippen LogP contribution in [-0.2, 0) is 10.2 Å². The average Bonchev–Trinajstić information content (AvgIpc) is 2.78. The Labute approximate surface area is 95.1 Å². The van der Waals surface area contributed by atoms with E-state index in [-0.39, 0.29) is 6.54 Å². The molecule has 1 unspecified atom stereocenters. The van der Waals surface area contributed by atoms with Crippen LogP contribution in [0.3, 0.4) is 0 Å². The van der Waals surface area contributed by atoms with E-state index in [4.69, 9.17) is 4.42 Å². The topological polar surface area (TPSA) is 82.8 Å². The summed E-state index contributed by atoms with van der Waals surface area (Å²) in [5.41, 5.74) is 0. The molecule has 7 heteroatoms. The van der Waals surface area contributed by atoms with Crippen LogP contribution in [0.5, 0.6) is 0 Å². The first-order valence-electron chi connectivity index (χ1n) is 4.89. The van der Waals surface area contributed by atoms with Gasteiger partial charge in [-0.05, 0) is 12.1 Å². The standard InChI is InChI=1S/C9H16N2O4S/c1-3-11(2)16(13,14)10-7-8(12)9-5-4-6-15-9/h4-6,8,10,12H,3,7H2,1-2H3. The molecule has 2 N–H and O–H groups in total. The molecular formula is C9H16N2O4S. The van der Waals surface area contributed by atoms with Gasteiger partial charge >= 0.3 is 0 Å². The van der Waals surface area contributed by atoms with Gasteiger partial charge in [0.15, 0.2) is 0 Å². The Kier molecular flexibility index (Phi) is 4.48. The third kappa shape index (κ3) is 3.31. The summed E-state index contributed by atoms with van der Waals surface area (Å²) in [6.45, 7) is 1.98. The smallest absolute Gasteiger partial charge is 0.279 e. The van der Waals surface area contributed by atoms with Gasteiger partial charge in [-0.3, -0.25) is 0 Å². The summed E-state index contributed by atoms with van der Waals surface area (Å²) >= 11 is 0. The Balaban J connectivity index is 2.52. The highest BCUT2D eigenvalue weighted by molar-refractivity contribution is 7.87. The third-order valence-electron chi connectivity index (χ3n) is 2.19. The normalized spacial score (nSPS) is 14.2. The van der Waals surface area contributed by atoms with Crippen LogP contribution in [0.15, 0.2) is 22.8 Å². The maximum absolute atomic E-state index is 11.5. The van der Waals surface area contributed by atoms with Crippen LogP contribution in [0.4, 0.5) is 0 Å². The number of hydrogen-bond donors (Lipinski definition) is 2. The summed E-state index contributed by atoms with van der Waals surface area (Å²) in [4.78, 5) is 0. The minimum Gasteiger partial charge on any atom is -0.467 e. The Morgan fingerprint density at radius 3 is 2.81 bits per heavy atom. The van der Waals surface area contributed by atoms with E-state index < -0.39 is 16.3 Å². The largest absolute Gasteiger partial charge is 0.467 e. The number of aliphatic hydroxyl groups excluding tert-OH is 1. The lowest BCUT2D eigenvalue weighted by molar-refractivity contribution is 0.153. The van der Waals surface area contributed by atoms with Gasteiger partial charge in [-0.15, -0.1) is 0 Å². The van der Waals surface area contributed by atoms with E-state index in [0.717, 1.165) is 4.31 Å². The molecule has 0 saturated carbocycles. The highest BCUT2D eigenvalue weighted by Crippen LogP contribution is 2.12. The zero-order valence-electron chi connectivity index (χ0n) is 9.25. The van der Waals surface area contributed by atoms with Crippen LogP contribution in [0.1, 0.15) is 18.8 Å². The lowest BCUT2D eigenvalue weighted by Crippen LogP contribution is -2.39. The predicted molar refractivity (Wildman–Crippen MR) is 58.9 cm³/mol. The fourth-order valence-corrected chi connectivity index (χ4v) is 1.97. The molecule has 0 aliphatic carbocycles. The van der Waals surface area contributed by atoms with Gasteiger partial charge < -0.3 is 9.52 Å². The molecule has 1 heterocycles. The van der Waals surface area contributed by atoms with Crippen molar-refractivity contribution in [2.24, 2.45) is 0 Å². The van der Waals surface area contributed by atoms with Crippen molar-refractivity contribution in [1.82, 2.24) is 9.03 Å². The van der Waals surface area contributed by atoms with Gasteiger partial charge in [0.05, 0.1) is 6.26 Å². The quantitative estimate of drug-likeness (QED) is 0.748. The van der Waals surface area contributed by atoms with E-state index in [9.17, 15) is 13.5 Å². The molecule has 1 rings (SSSR count). The maximum atomic E-state index is 11.5. The number of aliphatic hydroxyl groups is 1. The number of nitrogens with one attached hydrogen (secondary N) is 1. The third-order valence-corrected chi connectivity index (χ3v) is 3.80. The molecule has 0 aliphatic rings. The van der Waals surface area contributed by atoms with E-state index >= 15 is 0 Å². The van der Waals surface area contributed by atoms with Gasteiger partial charge in [0, 0.05) is 20.1 Å². The van der Waals surface area contributed by atoms with Crippen molar-refractivity contribution in [1.29, 1.82) is 0 Å². The summed E-state index contributed by atoms with van der Waals surface area (Å²) in [6.07, 6.45) is 0.445. The highest BCUT2D eigenvalue weighted by Gasteiger charge is 2.18. The first kappa shape index (κ1) is 13.2. The number of rotatable bonds is 6. The van der Waals surface area contributed by atoms with E-state index in [1.807, 2.05) is 0 Å². The Morgan fingerprint density at radius 2 is 2.31 bits per heavy atom. The van der Waals surface area contributed by atoms with Crippen molar-refractivity contribution in [3.63, 3.8) is 0 Å². The summed E-state index contributed by atoms with van der Waals surface area (Å²) in [5.74, 6) is 0.335. The van der Waals surface area contributed by atoms with E-state index in [1.165, 1.54) is 13.3 Å². The van der Waals surface area contributed by atoms with Gasteiger partial charge in [0.2, 0.25) is 0 Å². The lowest BCUT2D eigenvalue weighted by atomic mass is 10.3. The molecule has 0 saturated heterocycles. The summed E-state index contributed by atoms with van der Waals surface area (Å²) in [5, 5.41) is 9.59. The van der Waals surface area contributed by atoms with Gasteiger partial charge in [-0.1, -0.05) is 6.92 Å². The Morgan fingerprint density at radius 1 is 1.62 bits per heavy atom. The van der Waals surface area contributed by atoms with Crippen molar-refractivity contribution >= 4 is 10.2 Å². The molecule has 0 aliphatic heterocycles. The predicted octanol–water partition coefficient (Wildman–Crippen LogP) is 0.0991. The van der Waals surface area contributed by atoms with Crippen LogP contribution in [-0.4, -0.2) is 38.0 Å². The fourth-order valence-electron chi connectivity index (χ4n) is 1.05. The summed E-state index contributed by atoms with van der Waals surface area (Å²) in [6, 6.07) is 3.22. The van der Waals surface area contributed by atoms with Gasteiger partial charge in [0.1, 0.15) is 11.9 Å². The van der Waals surface area contributed by atoms with Crippen LogP contribution in [0.25, 0.3) is 0 Å². The minimum absolute atomic E-state index is 0.111. The van der Waals surface area contributed by atoms with Crippen molar-refractivity contribution in [3.05, 3.63) is 24.2 Å². The van der Waals surface area contributed by atoms with E-state index in [1.54, 1.807) is 19.1 Å². The molecule has 92 valence electrons. The molecule has 16 heavy (non-hydrogen) atoms. The number of hydrogen-bond acceptors (Lipinski definition) is 4. The zero-order valence-corrected chi connectivity index (χ0v) is 10.1. The van der Waals surface area contributed by atoms with Crippen molar-refractivity contribution in [3.8, 4) is 0 Å². The maximum Gasteiger partial charge on any atom is 0.279 e. The van der Waals surface area contributed by atoms with Gasteiger partial charge in [-0.2, -0.15) is 17.4 Å². The second-order valence-corrected chi connectivity index (χ2v) is 5.16. The first-order valence-corrected chi connectivity index (χ1v) is 6.33. The van der Waals surface area contributed by atoms with Crippen molar-refractivity contribution < 1.29 is 17.9 Å². The van der Waals surface area contributed by atoms with Crippen LogP contribution in [0, 0.1) is 0 Å². The van der Waals surface area contributed by atoms with Crippen LogP contribution in [0.2, 0.25) is 0 Å². The first-order chi connectivity index (χ1) is 7.47. The van der Waals surface area contributed by atoms with Crippen molar-refractivity contribution in [2.45, 2.75) is 13.0 Å². The van der Waals surface area contributed by atoms with Crippen molar-refractivity contribution in [2.75, 3.05) is 20.1 Å². The summed E-state index contributed by atoms with van der Waals surface area (Å²) in [7, 11) is -2.05. The molecular weight excluding hydrogens is 232 g/mol. The monoisotopic (exact) mass is 248 g/mol. The minimum atomic E-state index is -3.51. The fraction of sp³-hybridized carbons (Fsp3) is 0.556.